The molecule has 0 radical (unpaired) electrons. The summed E-state index contributed by atoms with van der Waals surface area (Å²) in [5.74, 6) is -0.152. The average molecular weight is 528 g/mol. The van der Waals surface area contributed by atoms with Crippen molar-refractivity contribution >= 4 is 21.8 Å². The van der Waals surface area contributed by atoms with E-state index in [0.717, 1.165) is 4.31 Å². The molecule has 3 aromatic carbocycles. The molecule has 0 spiro atoms. The smallest absolute Gasteiger partial charge is 0.263 e. The Labute approximate surface area is 213 Å². The summed E-state index contributed by atoms with van der Waals surface area (Å²) in [7, 11) is -2.87. The number of carbonyl (C=O) groups excluding carboxylic acids is 2. The zero-order valence-electron chi connectivity index (χ0n) is 19.8. The highest BCUT2D eigenvalue weighted by Gasteiger charge is 2.37. The Morgan fingerprint density at radius 1 is 1.03 bits per heavy atom. The van der Waals surface area contributed by atoms with Gasteiger partial charge >= 0.3 is 0 Å². The molecule has 2 amide bonds. The number of sulfonamides is 1. The molecule has 1 aliphatic heterocycles. The van der Waals surface area contributed by atoms with Crippen molar-refractivity contribution in [2.45, 2.75) is 17.5 Å². The third kappa shape index (κ3) is 5.82. The van der Waals surface area contributed by atoms with Crippen LogP contribution in [0.2, 0.25) is 0 Å². The highest BCUT2D eigenvalue weighted by molar-refractivity contribution is 7.89. The standard InChI is InChI=1S/C25H25N3O8S/c1-34-19-8-10-20(11-9-19)37(32,33)28(15-17-7-12-22-23(13-17)36-16-35-22)21(25(30)27-31)14-26-24(29)18-5-3-2-4-6-18/h2-13,21,31H,14-16H2,1H3,(H,26,29)(H,27,30)/t21-/m1/s1. The second kappa shape index (κ2) is 11.3. The number of hydroxylamine groups is 1. The maximum absolute atomic E-state index is 13.8. The predicted molar refractivity (Wildman–Crippen MR) is 131 cm³/mol. The Kier molecular flexibility index (Phi) is 7.92. The van der Waals surface area contributed by atoms with E-state index in [4.69, 9.17) is 14.2 Å². The van der Waals surface area contributed by atoms with Crippen LogP contribution in [0, 0.1) is 0 Å². The van der Waals surface area contributed by atoms with Crippen LogP contribution in [0.25, 0.3) is 0 Å². The second-order valence-corrected chi connectivity index (χ2v) is 9.87. The summed E-state index contributed by atoms with van der Waals surface area (Å²) in [6, 6.07) is 17.3. The second-order valence-electron chi connectivity index (χ2n) is 7.98. The van der Waals surface area contributed by atoms with Gasteiger partial charge in [0.25, 0.3) is 11.8 Å². The molecule has 3 N–H and O–H groups in total. The molecule has 4 rings (SSSR count). The summed E-state index contributed by atoms with van der Waals surface area (Å²) in [4.78, 5) is 25.3. The first-order chi connectivity index (χ1) is 17.8. The predicted octanol–water partition coefficient (Wildman–Crippen LogP) is 1.92. The van der Waals surface area contributed by atoms with Crippen LogP contribution in [0.4, 0.5) is 0 Å². The minimum Gasteiger partial charge on any atom is -0.497 e. The van der Waals surface area contributed by atoms with Crippen molar-refractivity contribution in [1.29, 1.82) is 0 Å². The average Bonchev–Trinajstić information content (AvgIpc) is 3.40. The first kappa shape index (κ1) is 25.9. The fourth-order valence-electron chi connectivity index (χ4n) is 3.75. The van der Waals surface area contributed by atoms with E-state index < -0.39 is 34.4 Å². The highest BCUT2D eigenvalue weighted by atomic mass is 32.2. The Hall–Kier alpha value is -4.13. The number of hydrogen-bond donors (Lipinski definition) is 3. The van der Waals surface area contributed by atoms with Crippen LogP contribution in [0.1, 0.15) is 15.9 Å². The molecule has 11 nitrogen and oxygen atoms in total. The maximum Gasteiger partial charge on any atom is 0.263 e. The summed E-state index contributed by atoms with van der Waals surface area (Å²) < 4.78 is 44.3. The summed E-state index contributed by atoms with van der Waals surface area (Å²) >= 11 is 0. The van der Waals surface area contributed by atoms with Gasteiger partial charge in [0.05, 0.1) is 12.0 Å². The number of rotatable bonds is 10. The lowest BCUT2D eigenvalue weighted by molar-refractivity contribution is -0.133. The lowest BCUT2D eigenvalue weighted by Gasteiger charge is -2.30. The molecule has 0 bridgehead atoms. The fourth-order valence-corrected chi connectivity index (χ4v) is 5.32. The Morgan fingerprint density at radius 3 is 2.41 bits per heavy atom. The molecule has 0 aliphatic carbocycles. The van der Waals surface area contributed by atoms with E-state index in [1.54, 1.807) is 48.5 Å². The van der Waals surface area contributed by atoms with Crippen LogP contribution < -0.4 is 25.0 Å². The molecule has 1 heterocycles. The van der Waals surface area contributed by atoms with E-state index >= 15 is 0 Å². The maximum atomic E-state index is 13.8. The van der Waals surface area contributed by atoms with E-state index in [0.29, 0.717) is 28.4 Å². The molecular formula is C25H25N3O8S. The van der Waals surface area contributed by atoms with E-state index in [-0.39, 0.29) is 18.2 Å². The number of benzene rings is 3. The van der Waals surface area contributed by atoms with Crippen LogP contribution in [0.15, 0.2) is 77.7 Å². The zero-order valence-corrected chi connectivity index (χ0v) is 20.6. The number of nitrogens with zero attached hydrogens (tertiary/aromatic N) is 1. The number of nitrogens with one attached hydrogen (secondary N) is 2. The van der Waals surface area contributed by atoms with Crippen LogP contribution in [0.5, 0.6) is 17.2 Å². The van der Waals surface area contributed by atoms with Gasteiger partial charge in [-0.25, -0.2) is 13.9 Å². The largest absolute Gasteiger partial charge is 0.497 e. The van der Waals surface area contributed by atoms with Crippen LogP contribution in [0.3, 0.4) is 0 Å². The van der Waals surface area contributed by atoms with Crippen molar-refractivity contribution in [2.24, 2.45) is 0 Å². The molecule has 0 saturated carbocycles. The van der Waals surface area contributed by atoms with Crippen molar-refractivity contribution < 1.29 is 37.4 Å². The van der Waals surface area contributed by atoms with Gasteiger partial charge in [0.2, 0.25) is 16.8 Å². The normalized spacial score (nSPS) is 13.2. The molecule has 0 aromatic heterocycles. The molecule has 0 fully saturated rings. The van der Waals surface area contributed by atoms with Crippen molar-refractivity contribution in [2.75, 3.05) is 20.4 Å². The van der Waals surface area contributed by atoms with Gasteiger partial charge in [0.1, 0.15) is 11.8 Å². The highest BCUT2D eigenvalue weighted by Crippen LogP contribution is 2.33. The van der Waals surface area contributed by atoms with Gasteiger partial charge in [0, 0.05) is 18.7 Å². The molecular weight excluding hydrogens is 502 g/mol. The van der Waals surface area contributed by atoms with E-state index in [1.807, 2.05) is 0 Å². The summed E-state index contributed by atoms with van der Waals surface area (Å²) in [6.45, 7) is -0.655. The van der Waals surface area contributed by atoms with E-state index in [1.165, 1.54) is 36.9 Å². The molecule has 194 valence electrons. The number of hydrogen-bond acceptors (Lipinski definition) is 8. The summed E-state index contributed by atoms with van der Waals surface area (Å²) in [5.41, 5.74) is 2.33. The topological polar surface area (TPSA) is 144 Å². The van der Waals surface area contributed by atoms with Crippen molar-refractivity contribution in [1.82, 2.24) is 15.1 Å². The zero-order chi connectivity index (χ0) is 26.4. The number of ether oxygens (including phenoxy) is 3. The summed E-state index contributed by atoms with van der Waals surface area (Å²) in [6.07, 6.45) is 0. The van der Waals surface area contributed by atoms with Crippen LogP contribution in [-0.2, 0) is 21.4 Å². The van der Waals surface area contributed by atoms with Gasteiger partial charge < -0.3 is 19.5 Å². The monoisotopic (exact) mass is 527 g/mol. The van der Waals surface area contributed by atoms with Gasteiger partial charge in [-0.05, 0) is 54.1 Å². The Balaban J connectivity index is 1.70. The van der Waals surface area contributed by atoms with Gasteiger partial charge in [-0.3, -0.25) is 14.8 Å². The quantitative estimate of drug-likeness (QED) is 0.268. The number of amides is 2. The number of carbonyl (C=O) groups is 2. The van der Waals surface area contributed by atoms with Crippen molar-refractivity contribution in [3.05, 3.63) is 83.9 Å². The first-order valence-electron chi connectivity index (χ1n) is 11.1. The molecule has 3 aromatic rings. The van der Waals surface area contributed by atoms with Gasteiger partial charge in [-0.15, -0.1) is 0 Å². The molecule has 0 saturated heterocycles. The van der Waals surface area contributed by atoms with Crippen LogP contribution in [-0.4, -0.2) is 56.2 Å². The van der Waals surface area contributed by atoms with E-state index in [2.05, 4.69) is 5.32 Å². The Bertz CT molecular complexity index is 1360. The third-order valence-corrected chi connectivity index (χ3v) is 7.56. The first-order valence-corrected chi connectivity index (χ1v) is 12.6. The van der Waals surface area contributed by atoms with Gasteiger partial charge in [-0.2, -0.15) is 4.31 Å². The summed E-state index contributed by atoms with van der Waals surface area (Å²) in [5, 5.41) is 12.0. The lowest BCUT2D eigenvalue weighted by Crippen LogP contribution is -2.53. The van der Waals surface area contributed by atoms with Crippen LogP contribution >= 0.6 is 0 Å². The van der Waals surface area contributed by atoms with E-state index in [9.17, 15) is 23.2 Å². The minimum absolute atomic E-state index is 0.0354. The minimum atomic E-state index is -4.32. The number of fused-ring (bicyclic) bond motifs is 1. The lowest BCUT2D eigenvalue weighted by atomic mass is 10.1. The SMILES string of the molecule is COc1ccc(S(=O)(=O)N(Cc2ccc3c(c2)OCO3)[C@H](CNC(=O)c2ccccc2)C(=O)NO)cc1. The van der Waals surface area contributed by atoms with Gasteiger partial charge in [-0.1, -0.05) is 24.3 Å². The molecule has 0 unspecified atom stereocenters. The molecule has 37 heavy (non-hydrogen) atoms. The Morgan fingerprint density at radius 2 is 1.73 bits per heavy atom. The molecule has 12 heteroatoms. The number of methoxy groups -OCH3 is 1. The molecule has 1 aliphatic rings. The van der Waals surface area contributed by atoms with Crippen molar-refractivity contribution in [3.8, 4) is 17.2 Å². The van der Waals surface area contributed by atoms with Crippen molar-refractivity contribution in [3.63, 3.8) is 0 Å². The molecule has 1 atom stereocenters. The third-order valence-electron chi connectivity index (χ3n) is 5.69. The van der Waals surface area contributed by atoms with Gasteiger partial charge in [0.15, 0.2) is 11.5 Å². The fraction of sp³-hybridized carbons (Fsp3) is 0.200.